The monoisotopic (exact) mass is 452 g/mol. The number of nitrogens with one attached hydrogen (secondary N) is 2. The molecule has 2 N–H and O–H groups in total. The summed E-state index contributed by atoms with van der Waals surface area (Å²) in [7, 11) is -1.95. The number of ether oxygens (including phenoxy) is 1. The summed E-state index contributed by atoms with van der Waals surface area (Å²) in [6, 6.07) is 12.8. The third-order valence-electron chi connectivity index (χ3n) is 4.52. The number of methoxy groups -OCH3 is 1. The molecule has 0 radical (unpaired) electrons. The quantitative estimate of drug-likeness (QED) is 0.665. The number of benzene rings is 2. The van der Waals surface area contributed by atoms with E-state index in [1.54, 1.807) is 25.1 Å². The van der Waals surface area contributed by atoms with E-state index in [9.17, 15) is 13.2 Å². The summed E-state index contributed by atoms with van der Waals surface area (Å²) in [5, 5.41) is 2.89. The van der Waals surface area contributed by atoms with Gasteiger partial charge in [-0.15, -0.1) is 0 Å². The Morgan fingerprint density at radius 2 is 2.04 bits per heavy atom. The summed E-state index contributed by atoms with van der Waals surface area (Å²) in [5.74, 6) is 0.421. The van der Waals surface area contributed by atoms with Crippen molar-refractivity contribution in [2.24, 2.45) is 5.92 Å². The van der Waals surface area contributed by atoms with E-state index in [1.165, 1.54) is 7.11 Å². The van der Waals surface area contributed by atoms with Crippen LogP contribution in [0.15, 0.2) is 46.9 Å². The lowest BCUT2D eigenvalue weighted by molar-refractivity contribution is -0.117. The van der Waals surface area contributed by atoms with E-state index in [0.717, 1.165) is 16.5 Å². The average Bonchev–Trinajstić information content (AvgIpc) is 3.44. The predicted molar refractivity (Wildman–Crippen MR) is 110 cm³/mol. The van der Waals surface area contributed by atoms with Crippen molar-refractivity contribution in [2.45, 2.75) is 19.3 Å². The molecule has 1 fully saturated rings. The van der Waals surface area contributed by atoms with E-state index in [4.69, 9.17) is 4.74 Å². The number of amides is 1. The summed E-state index contributed by atoms with van der Waals surface area (Å²) in [4.78, 5) is 12.5. The first-order chi connectivity index (χ1) is 12.8. The molecule has 2 unspecified atom stereocenters. The summed E-state index contributed by atoms with van der Waals surface area (Å²) in [6.07, 6.45) is 0.813. The molecule has 144 valence electrons. The lowest BCUT2D eigenvalue weighted by atomic mass is 10.1. The second kappa shape index (κ2) is 7.90. The maximum absolute atomic E-state index is 12.5. The van der Waals surface area contributed by atoms with Crippen LogP contribution in [0, 0.1) is 5.92 Å². The number of carbonyl (C=O) groups is 1. The van der Waals surface area contributed by atoms with Crippen molar-refractivity contribution in [1.29, 1.82) is 0 Å². The van der Waals surface area contributed by atoms with Gasteiger partial charge < -0.3 is 10.1 Å². The van der Waals surface area contributed by atoms with Gasteiger partial charge in [-0.3, -0.25) is 9.52 Å². The number of rotatable bonds is 7. The zero-order valence-corrected chi connectivity index (χ0v) is 17.4. The molecule has 6 nitrogen and oxygen atoms in total. The summed E-state index contributed by atoms with van der Waals surface area (Å²) in [6.45, 7) is 1.56. The van der Waals surface area contributed by atoms with Crippen molar-refractivity contribution >= 4 is 43.2 Å². The number of hydrogen-bond donors (Lipinski definition) is 2. The standard InChI is InChI=1S/C19H21BrN2O4S/c1-3-27(24,25)22-17-8-7-14(10-18(17)26-2)21-19(23)16-11-15(16)12-5-4-6-13(20)9-12/h4-10,15-16,22H,3,11H2,1-2H3,(H,21,23). The van der Waals surface area contributed by atoms with Gasteiger partial charge in [-0.1, -0.05) is 28.1 Å². The Morgan fingerprint density at radius 3 is 2.70 bits per heavy atom. The minimum absolute atomic E-state index is 0.0344. The topological polar surface area (TPSA) is 84.5 Å². The van der Waals surface area contributed by atoms with Crippen LogP contribution < -0.4 is 14.8 Å². The van der Waals surface area contributed by atoms with Crippen LogP contribution in [0.2, 0.25) is 0 Å². The van der Waals surface area contributed by atoms with Crippen molar-refractivity contribution < 1.29 is 17.9 Å². The highest BCUT2D eigenvalue weighted by atomic mass is 79.9. The lowest BCUT2D eigenvalue weighted by Crippen LogP contribution is -2.16. The summed E-state index contributed by atoms with van der Waals surface area (Å²) in [5.41, 5.74) is 2.05. The minimum Gasteiger partial charge on any atom is -0.494 e. The van der Waals surface area contributed by atoms with Crippen LogP contribution in [0.25, 0.3) is 0 Å². The molecular weight excluding hydrogens is 432 g/mol. The van der Waals surface area contributed by atoms with E-state index in [1.807, 2.05) is 24.3 Å². The molecular formula is C19H21BrN2O4S. The Bertz CT molecular complexity index is 962. The normalized spacial score (nSPS) is 18.6. The first-order valence-electron chi connectivity index (χ1n) is 8.58. The number of anilines is 2. The highest BCUT2D eigenvalue weighted by molar-refractivity contribution is 9.10. The van der Waals surface area contributed by atoms with Gasteiger partial charge in [-0.2, -0.15) is 0 Å². The molecule has 1 aliphatic carbocycles. The molecule has 2 aromatic rings. The Labute approximate surface area is 167 Å². The van der Waals surface area contributed by atoms with Crippen molar-refractivity contribution in [2.75, 3.05) is 22.9 Å². The van der Waals surface area contributed by atoms with Gasteiger partial charge >= 0.3 is 0 Å². The molecule has 0 bridgehead atoms. The van der Waals surface area contributed by atoms with Crippen LogP contribution in [0.1, 0.15) is 24.8 Å². The fraction of sp³-hybridized carbons (Fsp3) is 0.316. The van der Waals surface area contributed by atoms with E-state index in [0.29, 0.717) is 17.1 Å². The molecule has 3 rings (SSSR count). The van der Waals surface area contributed by atoms with Crippen LogP contribution in [0.3, 0.4) is 0 Å². The van der Waals surface area contributed by atoms with E-state index in [-0.39, 0.29) is 23.5 Å². The van der Waals surface area contributed by atoms with Crippen LogP contribution >= 0.6 is 15.9 Å². The predicted octanol–water partition coefficient (Wildman–Crippen LogP) is 3.96. The van der Waals surface area contributed by atoms with Gasteiger partial charge in [0, 0.05) is 22.1 Å². The maximum Gasteiger partial charge on any atom is 0.232 e. The Morgan fingerprint density at radius 1 is 1.26 bits per heavy atom. The third-order valence-corrected chi connectivity index (χ3v) is 6.30. The molecule has 0 heterocycles. The van der Waals surface area contributed by atoms with Crippen LogP contribution in [0.5, 0.6) is 5.75 Å². The van der Waals surface area contributed by atoms with Gasteiger partial charge in [-0.05, 0) is 49.1 Å². The van der Waals surface area contributed by atoms with Crippen molar-refractivity contribution in [3.63, 3.8) is 0 Å². The number of halogens is 1. The molecule has 1 saturated carbocycles. The molecule has 1 amide bonds. The van der Waals surface area contributed by atoms with Gasteiger partial charge in [0.1, 0.15) is 5.75 Å². The number of hydrogen-bond acceptors (Lipinski definition) is 4. The number of carbonyl (C=O) groups excluding carboxylic acids is 1. The fourth-order valence-corrected chi connectivity index (χ4v) is 3.98. The van der Waals surface area contributed by atoms with E-state index >= 15 is 0 Å². The van der Waals surface area contributed by atoms with Gasteiger partial charge in [0.15, 0.2) is 0 Å². The van der Waals surface area contributed by atoms with Crippen LogP contribution in [0.4, 0.5) is 11.4 Å². The number of sulfonamides is 1. The van der Waals surface area contributed by atoms with Crippen molar-refractivity contribution in [3.8, 4) is 5.75 Å². The second-order valence-corrected chi connectivity index (χ2v) is 9.34. The fourth-order valence-electron chi connectivity index (χ4n) is 2.92. The van der Waals surface area contributed by atoms with Crippen molar-refractivity contribution in [3.05, 3.63) is 52.5 Å². The first-order valence-corrected chi connectivity index (χ1v) is 11.0. The molecule has 0 spiro atoms. The maximum atomic E-state index is 12.5. The third kappa shape index (κ3) is 4.81. The Hall–Kier alpha value is -2.06. The second-order valence-electron chi connectivity index (χ2n) is 6.41. The Balaban J connectivity index is 1.68. The zero-order valence-electron chi connectivity index (χ0n) is 15.0. The Kier molecular flexibility index (Phi) is 5.76. The zero-order chi connectivity index (χ0) is 19.6. The minimum atomic E-state index is -3.41. The summed E-state index contributed by atoms with van der Waals surface area (Å²) >= 11 is 3.45. The molecule has 2 aromatic carbocycles. The van der Waals surface area contributed by atoms with Crippen molar-refractivity contribution in [1.82, 2.24) is 0 Å². The largest absolute Gasteiger partial charge is 0.494 e. The SMILES string of the molecule is CCS(=O)(=O)Nc1ccc(NC(=O)C2CC2c2cccc(Br)c2)cc1OC. The average molecular weight is 453 g/mol. The molecule has 1 aliphatic rings. The molecule has 8 heteroatoms. The van der Waals surface area contributed by atoms with Gasteiger partial charge in [0.05, 0.1) is 18.6 Å². The van der Waals surface area contributed by atoms with Gasteiger partial charge in [0.25, 0.3) is 0 Å². The van der Waals surface area contributed by atoms with E-state index < -0.39 is 10.0 Å². The molecule has 0 aliphatic heterocycles. The van der Waals surface area contributed by atoms with Gasteiger partial charge in [0.2, 0.25) is 15.9 Å². The van der Waals surface area contributed by atoms with Crippen LogP contribution in [-0.2, 0) is 14.8 Å². The molecule has 0 saturated heterocycles. The smallest absolute Gasteiger partial charge is 0.232 e. The molecule has 2 atom stereocenters. The lowest BCUT2D eigenvalue weighted by Gasteiger charge is -2.13. The van der Waals surface area contributed by atoms with Crippen LogP contribution in [-0.4, -0.2) is 27.2 Å². The first kappa shape index (κ1) is 19.7. The van der Waals surface area contributed by atoms with Gasteiger partial charge in [-0.25, -0.2) is 8.42 Å². The van der Waals surface area contributed by atoms with E-state index in [2.05, 4.69) is 26.0 Å². The molecule has 27 heavy (non-hydrogen) atoms. The highest BCUT2D eigenvalue weighted by Crippen LogP contribution is 2.48. The molecule has 0 aromatic heterocycles. The summed E-state index contributed by atoms with van der Waals surface area (Å²) < 4.78 is 32.2. The highest BCUT2D eigenvalue weighted by Gasteiger charge is 2.44.